The van der Waals surface area contributed by atoms with E-state index in [1.54, 1.807) is 18.2 Å². The SMILES string of the molecule is OCn1nnc(-c2ccccc2F)c1-c1ccccc1. The molecule has 20 heavy (non-hydrogen) atoms. The van der Waals surface area contributed by atoms with Gasteiger partial charge in [-0.15, -0.1) is 5.10 Å². The Balaban J connectivity index is 2.24. The number of halogens is 1. The van der Waals surface area contributed by atoms with Crippen LogP contribution in [0.1, 0.15) is 0 Å². The fourth-order valence-corrected chi connectivity index (χ4v) is 2.13. The Hall–Kier alpha value is -2.53. The zero-order valence-electron chi connectivity index (χ0n) is 10.6. The lowest BCUT2D eigenvalue weighted by Gasteiger charge is -2.06. The zero-order chi connectivity index (χ0) is 13.9. The maximum absolute atomic E-state index is 13.9. The van der Waals surface area contributed by atoms with Crippen molar-refractivity contribution >= 4 is 0 Å². The Morgan fingerprint density at radius 1 is 1.00 bits per heavy atom. The molecule has 1 heterocycles. The van der Waals surface area contributed by atoms with Gasteiger partial charge in [0.2, 0.25) is 0 Å². The van der Waals surface area contributed by atoms with Crippen molar-refractivity contribution in [3.8, 4) is 22.5 Å². The molecule has 0 spiro atoms. The molecule has 0 saturated carbocycles. The highest BCUT2D eigenvalue weighted by atomic mass is 19.1. The van der Waals surface area contributed by atoms with E-state index in [-0.39, 0.29) is 12.5 Å². The van der Waals surface area contributed by atoms with Gasteiger partial charge in [-0.05, 0) is 12.1 Å². The summed E-state index contributed by atoms with van der Waals surface area (Å²) in [7, 11) is 0. The Labute approximate surface area is 115 Å². The van der Waals surface area contributed by atoms with Gasteiger partial charge in [-0.25, -0.2) is 9.07 Å². The van der Waals surface area contributed by atoms with Crippen LogP contribution in [0, 0.1) is 5.82 Å². The predicted octanol–water partition coefficient (Wildman–Crippen LogP) is 2.70. The molecule has 0 aliphatic carbocycles. The summed E-state index contributed by atoms with van der Waals surface area (Å²) in [4.78, 5) is 0. The number of nitrogens with zero attached hydrogens (tertiary/aromatic N) is 3. The summed E-state index contributed by atoms with van der Waals surface area (Å²) in [5, 5.41) is 17.3. The van der Waals surface area contributed by atoms with Crippen molar-refractivity contribution in [1.29, 1.82) is 0 Å². The molecule has 0 unspecified atom stereocenters. The minimum Gasteiger partial charge on any atom is -0.374 e. The molecule has 2 aromatic carbocycles. The van der Waals surface area contributed by atoms with Crippen LogP contribution < -0.4 is 0 Å². The Morgan fingerprint density at radius 2 is 1.70 bits per heavy atom. The van der Waals surface area contributed by atoms with E-state index >= 15 is 0 Å². The van der Waals surface area contributed by atoms with Crippen LogP contribution >= 0.6 is 0 Å². The molecular weight excluding hydrogens is 257 g/mol. The summed E-state index contributed by atoms with van der Waals surface area (Å²) in [5.74, 6) is -0.366. The number of hydrogen-bond acceptors (Lipinski definition) is 3. The first-order valence-electron chi connectivity index (χ1n) is 6.16. The number of aliphatic hydroxyl groups is 1. The van der Waals surface area contributed by atoms with Crippen molar-refractivity contribution in [2.45, 2.75) is 6.73 Å². The summed E-state index contributed by atoms with van der Waals surface area (Å²) < 4.78 is 15.3. The second-order valence-electron chi connectivity index (χ2n) is 4.27. The van der Waals surface area contributed by atoms with E-state index in [0.29, 0.717) is 17.0 Å². The van der Waals surface area contributed by atoms with Gasteiger partial charge in [0.1, 0.15) is 18.2 Å². The molecule has 0 aliphatic rings. The van der Waals surface area contributed by atoms with Crippen LogP contribution in [-0.4, -0.2) is 20.1 Å². The van der Waals surface area contributed by atoms with E-state index in [4.69, 9.17) is 0 Å². The minimum atomic E-state index is -0.366. The smallest absolute Gasteiger partial charge is 0.138 e. The fraction of sp³-hybridized carbons (Fsp3) is 0.0667. The highest BCUT2D eigenvalue weighted by molar-refractivity contribution is 5.78. The van der Waals surface area contributed by atoms with Crippen molar-refractivity contribution in [1.82, 2.24) is 15.0 Å². The maximum Gasteiger partial charge on any atom is 0.138 e. The van der Waals surface area contributed by atoms with E-state index < -0.39 is 0 Å². The van der Waals surface area contributed by atoms with Gasteiger partial charge in [-0.3, -0.25) is 0 Å². The van der Waals surface area contributed by atoms with Crippen molar-refractivity contribution in [2.24, 2.45) is 0 Å². The number of hydrogen-bond donors (Lipinski definition) is 1. The Bertz CT molecular complexity index is 725. The van der Waals surface area contributed by atoms with Gasteiger partial charge in [0.05, 0.1) is 5.69 Å². The van der Waals surface area contributed by atoms with Crippen LogP contribution in [0.5, 0.6) is 0 Å². The van der Waals surface area contributed by atoms with Crippen LogP contribution in [0.2, 0.25) is 0 Å². The summed E-state index contributed by atoms with van der Waals surface area (Å²) in [6.45, 7) is -0.314. The van der Waals surface area contributed by atoms with Crippen LogP contribution in [0.15, 0.2) is 54.6 Å². The van der Waals surface area contributed by atoms with E-state index in [1.165, 1.54) is 10.7 Å². The van der Waals surface area contributed by atoms with E-state index in [1.807, 2.05) is 30.3 Å². The average molecular weight is 269 g/mol. The van der Waals surface area contributed by atoms with Gasteiger partial charge >= 0.3 is 0 Å². The van der Waals surface area contributed by atoms with Crippen molar-refractivity contribution in [3.05, 3.63) is 60.4 Å². The standard InChI is InChI=1S/C15H12FN3O/c16-13-9-5-4-8-12(13)14-15(19(10-20)18-17-14)11-6-2-1-3-7-11/h1-9,20H,10H2. The lowest BCUT2D eigenvalue weighted by molar-refractivity contribution is 0.194. The van der Waals surface area contributed by atoms with Crippen molar-refractivity contribution < 1.29 is 9.50 Å². The highest BCUT2D eigenvalue weighted by Gasteiger charge is 2.18. The monoisotopic (exact) mass is 269 g/mol. The highest BCUT2D eigenvalue weighted by Crippen LogP contribution is 2.31. The van der Waals surface area contributed by atoms with Crippen molar-refractivity contribution in [3.63, 3.8) is 0 Å². The van der Waals surface area contributed by atoms with Gasteiger partial charge in [0, 0.05) is 11.1 Å². The van der Waals surface area contributed by atoms with Gasteiger partial charge in [-0.2, -0.15) is 0 Å². The molecule has 100 valence electrons. The summed E-state index contributed by atoms with van der Waals surface area (Å²) >= 11 is 0. The normalized spacial score (nSPS) is 10.7. The van der Waals surface area contributed by atoms with Crippen LogP contribution in [0.4, 0.5) is 4.39 Å². The number of aliphatic hydroxyl groups excluding tert-OH is 1. The largest absolute Gasteiger partial charge is 0.374 e. The Morgan fingerprint density at radius 3 is 2.40 bits per heavy atom. The summed E-state index contributed by atoms with van der Waals surface area (Å²) in [6.07, 6.45) is 0. The third-order valence-electron chi connectivity index (χ3n) is 3.05. The first-order chi connectivity index (χ1) is 9.81. The lowest BCUT2D eigenvalue weighted by Crippen LogP contribution is -2.01. The third kappa shape index (κ3) is 2.08. The second kappa shape index (κ2) is 5.22. The molecule has 0 fully saturated rings. The van der Waals surface area contributed by atoms with E-state index in [2.05, 4.69) is 10.3 Å². The number of benzene rings is 2. The quantitative estimate of drug-likeness (QED) is 0.795. The molecule has 4 nitrogen and oxygen atoms in total. The second-order valence-corrected chi connectivity index (χ2v) is 4.27. The van der Waals surface area contributed by atoms with Gasteiger partial charge in [0.25, 0.3) is 0 Å². The zero-order valence-corrected chi connectivity index (χ0v) is 10.6. The lowest BCUT2D eigenvalue weighted by atomic mass is 10.0. The molecule has 3 rings (SSSR count). The topological polar surface area (TPSA) is 50.9 Å². The summed E-state index contributed by atoms with van der Waals surface area (Å²) in [5.41, 5.74) is 2.21. The molecule has 0 radical (unpaired) electrons. The minimum absolute atomic E-state index is 0.314. The van der Waals surface area contributed by atoms with Gasteiger partial charge in [0.15, 0.2) is 0 Å². The number of rotatable bonds is 3. The van der Waals surface area contributed by atoms with Crippen LogP contribution in [0.3, 0.4) is 0 Å². The van der Waals surface area contributed by atoms with Crippen molar-refractivity contribution in [2.75, 3.05) is 0 Å². The first kappa shape index (κ1) is 12.5. The van der Waals surface area contributed by atoms with Crippen LogP contribution in [0.25, 0.3) is 22.5 Å². The predicted molar refractivity (Wildman–Crippen MR) is 73.1 cm³/mol. The average Bonchev–Trinajstić information content (AvgIpc) is 2.92. The molecule has 0 bridgehead atoms. The van der Waals surface area contributed by atoms with E-state index in [0.717, 1.165) is 5.56 Å². The summed E-state index contributed by atoms with van der Waals surface area (Å²) in [6, 6.07) is 15.8. The molecule has 5 heteroatoms. The van der Waals surface area contributed by atoms with E-state index in [9.17, 15) is 9.50 Å². The molecular formula is C15H12FN3O. The van der Waals surface area contributed by atoms with Gasteiger partial charge < -0.3 is 5.11 Å². The maximum atomic E-state index is 13.9. The molecule has 1 N–H and O–H groups in total. The number of aromatic nitrogens is 3. The first-order valence-corrected chi connectivity index (χ1v) is 6.16. The molecule has 0 amide bonds. The molecule has 3 aromatic rings. The molecule has 1 aromatic heterocycles. The fourth-order valence-electron chi connectivity index (χ4n) is 2.13. The third-order valence-corrected chi connectivity index (χ3v) is 3.05. The Kier molecular flexibility index (Phi) is 3.26. The molecule has 0 atom stereocenters. The molecule has 0 saturated heterocycles. The van der Waals surface area contributed by atoms with Gasteiger partial charge in [-0.1, -0.05) is 47.7 Å². The van der Waals surface area contributed by atoms with Crippen LogP contribution in [-0.2, 0) is 6.73 Å². The molecule has 0 aliphatic heterocycles.